The zero-order chi connectivity index (χ0) is 23.0. The molecule has 32 heavy (non-hydrogen) atoms. The number of rotatable bonds is 9. The Balaban J connectivity index is 0.00000512. The van der Waals surface area contributed by atoms with E-state index in [0.717, 1.165) is 4.57 Å². The van der Waals surface area contributed by atoms with E-state index in [0.29, 0.717) is 0 Å². The van der Waals surface area contributed by atoms with Crippen LogP contribution >= 0.6 is 15.9 Å². The zero-order valence-electron chi connectivity index (χ0n) is 17.4. The molecule has 0 amide bonds. The number of carbonyl (C=O) groups excluding carboxylic acids is 3. The minimum absolute atomic E-state index is 0. The van der Waals surface area contributed by atoms with Gasteiger partial charge in [-0.1, -0.05) is 15.9 Å². The van der Waals surface area contributed by atoms with Gasteiger partial charge in [0.1, 0.15) is 25.0 Å². The fourth-order valence-electron chi connectivity index (χ4n) is 2.79. The SMILES string of the molecule is CCOC(=O)OC[C@H]1O[C@@H](n2cc(/C=C/Br)c(=O)[nH]c2=O)C[C@@H]1OC(=O)CCC(=O)[O-].[Na+]. The first-order valence-electron chi connectivity index (χ1n) is 9.21. The number of nitrogens with zero attached hydrogens (tertiary/aromatic N) is 1. The predicted molar refractivity (Wildman–Crippen MR) is 105 cm³/mol. The van der Waals surface area contributed by atoms with E-state index in [4.69, 9.17) is 14.2 Å². The number of halogens is 1. The molecule has 1 aliphatic rings. The van der Waals surface area contributed by atoms with Crippen molar-refractivity contribution in [2.45, 2.75) is 44.6 Å². The van der Waals surface area contributed by atoms with Gasteiger partial charge in [0.25, 0.3) is 5.56 Å². The number of hydrogen-bond acceptors (Lipinski definition) is 10. The first kappa shape index (κ1) is 28.1. The molecule has 0 aromatic carbocycles. The summed E-state index contributed by atoms with van der Waals surface area (Å²) in [7, 11) is 0. The molecule has 1 aromatic rings. The number of ether oxygens (including phenoxy) is 4. The van der Waals surface area contributed by atoms with Crippen LogP contribution in [-0.4, -0.2) is 53.1 Å². The van der Waals surface area contributed by atoms with Crippen molar-refractivity contribution in [2.24, 2.45) is 0 Å². The third-order valence-corrected chi connectivity index (χ3v) is 4.44. The molecule has 1 aromatic heterocycles. The van der Waals surface area contributed by atoms with Crippen molar-refractivity contribution in [3.63, 3.8) is 0 Å². The van der Waals surface area contributed by atoms with Crippen LogP contribution in [0.1, 0.15) is 38.0 Å². The van der Waals surface area contributed by atoms with Crippen LogP contribution in [-0.2, 0) is 28.5 Å². The smallest absolute Gasteiger partial charge is 0.550 e. The number of aromatic amines is 1. The van der Waals surface area contributed by atoms with Gasteiger partial charge in [-0.25, -0.2) is 9.59 Å². The summed E-state index contributed by atoms with van der Waals surface area (Å²) in [5.74, 6) is -2.23. The van der Waals surface area contributed by atoms with Crippen molar-refractivity contribution in [3.05, 3.63) is 37.6 Å². The van der Waals surface area contributed by atoms with E-state index in [-0.39, 0.29) is 54.8 Å². The zero-order valence-corrected chi connectivity index (χ0v) is 21.0. The van der Waals surface area contributed by atoms with E-state index < -0.39 is 60.6 Å². The van der Waals surface area contributed by atoms with Crippen molar-refractivity contribution in [1.29, 1.82) is 0 Å². The molecule has 0 spiro atoms. The first-order valence-corrected chi connectivity index (χ1v) is 10.1. The van der Waals surface area contributed by atoms with Crippen LogP contribution in [0.2, 0.25) is 0 Å². The summed E-state index contributed by atoms with van der Waals surface area (Å²) in [5.41, 5.74) is -1.20. The molecule has 14 heteroatoms. The molecule has 1 aliphatic heterocycles. The van der Waals surface area contributed by atoms with Crippen LogP contribution in [0.15, 0.2) is 20.8 Å². The average Bonchev–Trinajstić information content (AvgIpc) is 3.09. The normalized spacial score (nSPS) is 19.9. The number of hydrogen-bond donors (Lipinski definition) is 1. The molecule has 1 fully saturated rings. The summed E-state index contributed by atoms with van der Waals surface area (Å²) < 4.78 is 21.7. The number of carboxylic acid groups (broad SMARTS) is 1. The summed E-state index contributed by atoms with van der Waals surface area (Å²) in [6, 6.07) is 0. The third-order valence-electron chi connectivity index (χ3n) is 4.17. The second-order valence-electron chi connectivity index (χ2n) is 6.30. The van der Waals surface area contributed by atoms with E-state index in [1.54, 1.807) is 6.92 Å². The molecule has 1 saturated heterocycles. The maximum Gasteiger partial charge on any atom is 1.00 e. The Morgan fingerprint density at radius 1 is 1.31 bits per heavy atom. The van der Waals surface area contributed by atoms with Crippen LogP contribution in [0, 0.1) is 0 Å². The number of aliphatic carboxylic acids is 1. The Bertz CT molecular complexity index is 960. The van der Waals surface area contributed by atoms with Crippen molar-refractivity contribution in [1.82, 2.24) is 9.55 Å². The summed E-state index contributed by atoms with van der Waals surface area (Å²) in [6.07, 6.45) is -2.11. The Kier molecular flexibility index (Phi) is 11.9. The molecule has 0 unspecified atom stereocenters. The molecular weight excluding hydrogens is 507 g/mol. The average molecular weight is 527 g/mol. The van der Waals surface area contributed by atoms with Gasteiger partial charge in [-0.2, -0.15) is 0 Å². The molecule has 0 bridgehead atoms. The largest absolute Gasteiger partial charge is 1.00 e. The maximum atomic E-state index is 12.3. The second kappa shape index (κ2) is 13.6. The van der Waals surface area contributed by atoms with Gasteiger partial charge in [-0.15, -0.1) is 0 Å². The summed E-state index contributed by atoms with van der Waals surface area (Å²) >= 11 is 3.05. The predicted octanol–water partition coefficient (Wildman–Crippen LogP) is -3.19. The molecular formula is C18H20BrN2NaO10. The van der Waals surface area contributed by atoms with Crippen LogP contribution in [0.4, 0.5) is 4.79 Å². The van der Waals surface area contributed by atoms with Crippen molar-refractivity contribution < 1.29 is 68.0 Å². The number of H-pyrrole nitrogens is 1. The molecule has 170 valence electrons. The minimum atomic E-state index is -1.41. The quantitative estimate of drug-likeness (QED) is 0.256. The molecule has 2 rings (SSSR count). The Morgan fingerprint density at radius 3 is 2.66 bits per heavy atom. The number of aromatic nitrogens is 2. The van der Waals surface area contributed by atoms with Gasteiger partial charge in [-0.05, 0) is 24.4 Å². The summed E-state index contributed by atoms with van der Waals surface area (Å²) in [5, 5.41) is 10.5. The topological polar surface area (TPSA) is 166 Å². The standard InChI is InChI=1S/C18H21BrN2O10.Na/c1-2-28-18(27)29-9-12-11(31-15(24)4-3-14(22)23)7-13(30-12)21-8-10(5-6-19)16(25)20-17(21)26;/h5-6,8,11-13H,2-4,7,9H2,1H3,(H,22,23)(H,20,25,26);/q;+1/p-1/b6-5+;/t11-,12+,13+;/m0./s1. The number of carboxylic acids is 1. The molecule has 12 nitrogen and oxygen atoms in total. The number of nitrogens with one attached hydrogen (secondary N) is 1. The maximum absolute atomic E-state index is 12.3. The van der Waals surface area contributed by atoms with Crippen molar-refractivity contribution in [3.8, 4) is 0 Å². The summed E-state index contributed by atoms with van der Waals surface area (Å²) in [4.78, 5) is 61.7. The molecule has 1 N–H and O–H groups in total. The van der Waals surface area contributed by atoms with E-state index in [2.05, 4.69) is 25.7 Å². The Morgan fingerprint density at radius 2 is 2.03 bits per heavy atom. The number of carbonyl (C=O) groups is 3. The van der Waals surface area contributed by atoms with E-state index in [9.17, 15) is 29.1 Å². The van der Waals surface area contributed by atoms with Gasteiger partial charge in [0, 0.05) is 18.6 Å². The minimum Gasteiger partial charge on any atom is -0.550 e. The third kappa shape index (κ3) is 8.20. The van der Waals surface area contributed by atoms with Gasteiger partial charge in [0.05, 0.1) is 18.6 Å². The van der Waals surface area contributed by atoms with E-state index in [1.807, 2.05) is 0 Å². The Labute approximate surface area is 212 Å². The van der Waals surface area contributed by atoms with Gasteiger partial charge in [0.2, 0.25) is 0 Å². The van der Waals surface area contributed by atoms with Gasteiger partial charge >= 0.3 is 47.4 Å². The van der Waals surface area contributed by atoms with E-state index >= 15 is 0 Å². The van der Waals surface area contributed by atoms with Gasteiger partial charge in [0.15, 0.2) is 0 Å². The van der Waals surface area contributed by atoms with Crippen LogP contribution in [0.5, 0.6) is 0 Å². The fourth-order valence-corrected chi connectivity index (χ4v) is 3.07. The van der Waals surface area contributed by atoms with Crippen LogP contribution in [0.3, 0.4) is 0 Å². The second-order valence-corrected chi connectivity index (χ2v) is 6.83. The Hall–Kier alpha value is -1.93. The molecule has 0 radical (unpaired) electrons. The molecule has 2 heterocycles. The van der Waals surface area contributed by atoms with Crippen molar-refractivity contribution in [2.75, 3.05) is 13.2 Å². The number of esters is 1. The van der Waals surface area contributed by atoms with Crippen molar-refractivity contribution >= 4 is 40.1 Å². The monoisotopic (exact) mass is 526 g/mol. The fraction of sp³-hybridized carbons (Fsp3) is 0.500. The van der Waals surface area contributed by atoms with Crippen LogP contribution < -0.4 is 45.9 Å². The molecule has 0 aliphatic carbocycles. The molecule has 0 saturated carbocycles. The summed E-state index contributed by atoms with van der Waals surface area (Å²) in [6.45, 7) is 1.33. The van der Waals surface area contributed by atoms with Gasteiger partial charge in [-0.3, -0.25) is 19.1 Å². The van der Waals surface area contributed by atoms with Gasteiger partial charge < -0.3 is 28.8 Å². The first-order chi connectivity index (χ1) is 14.7. The van der Waals surface area contributed by atoms with Crippen LogP contribution in [0.25, 0.3) is 6.08 Å². The molecule has 3 atom stereocenters. The van der Waals surface area contributed by atoms with E-state index in [1.165, 1.54) is 17.3 Å².